The van der Waals surface area contributed by atoms with Gasteiger partial charge in [-0.05, 0) is 0 Å². The van der Waals surface area contributed by atoms with Crippen molar-refractivity contribution in [3.8, 4) is 0 Å². The third-order valence-electron chi connectivity index (χ3n) is 0.729. The fourth-order valence-corrected chi connectivity index (χ4v) is 0.812. The Morgan fingerprint density at radius 1 is 2.00 bits per heavy atom. The first-order chi connectivity index (χ1) is 4.16. The first-order valence-electron chi connectivity index (χ1n) is 2.60. The molecule has 0 amide bonds. The van der Waals surface area contributed by atoms with Crippen molar-refractivity contribution in [1.29, 1.82) is 0 Å². The van der Waals surface area contributed by atoms with Crippen LogP contribution in [-0.4, -0.2) is 22.1 Å². The first-order valence-corrected chi connectivity index (χ1v) is 3.59. The van der Waals surface area contributed by atoms with E-state index in [2.05, 4.69) is 6.58 Å². The predicted octanol–water partition coefficient (Wildman–Crippen LogP) is 0.813. The summed E-state index contributed by atoms with van der Waals surface area (Å²) in [6, 6.07) is 0. The van der Waals surface area contributed by atoms with Gasteiger partial charge in [-0.3, -0.25) is 4.79 Å². The van der Waals surface area contributed by atoms with Crippen LogP contribution in [0.2, 0.25) is 0 Å². The molecule has 0 spiro atoms. The Labute approximate surface area is 59.0 Å². The van der Waals surface area contributed by atoms with Crippen molar-refractivity contribution in [3.63, 3.8) is 0 Å². The van der Waals surface area contributed by atoms with Crippen molar-refractivity contribution < 1.29 is 9.90 Å². The van der Waals surface area contributed by atoms with Crippen LogP contribution in [0.1, 0.15) is 6.92 Å². The van der Waals surface area contributed by atoms with Crippen LogP contribution in [0.5, 0.6) is 0 Å². The Bertz CT molecular complexity index is 112. The molecule has 0 aromatic heterocycles. The van der Waals surface area contributed by atoms with E-state index < -0.39 is 6.10 Å². The molecule has 0 aliphatic carbocycles. The van der Waals surface area contributed by atoms with Crippen LogP contribution in [0.3, 0.4) is 0 Å². The highest BCUT2D eigenvalue weighted by Crippen LogP contribution is 2.03. The van der Waals surface area contributed by atoms with Crippen molar-refractivity contribution in [1.82, 2.24) is 0 Å². The molecule has 0 fully saturated rings. The first kappa shape index (κ1) is 8.72. The second kappa shape index (κ2) is 4.58. The van der Waals surface area contributed by atoms with Crippen LogP contribution in [0, 0.1) is 0 Å². The van der Waals surface area contributed by atoms with Gasteiger partial charge < -0.3 is 5.11 Å². The van der Waals surface area contributed by atoms with E-state index in [1.54, 1.807) is 0 Å². The minimum Gasteiger partial charge on any atom is -0.388 e. The maximum Gasteiger partial charge on any atom is 0.185 e. The highest BCUT2D eigenvalue weighted by Gasteiger charge is 1.99. The zero-order valence-electron chi connectivity index (χ0n) is 5.33. The number of aliphatic hydroxyl groups excluding tert-OH is 1. The van der Waals surface area contributed by atoms with Gasteiger partial charge in [0, 0.05) is 12.7 Å². The number of aliphatic hydroxyl groups is 1. The lowest BCUT2D eigenvalue weighted by Gasteiger charge is -1.99. The van der Waals surface area contributed by atoms with E-state index >= 15 is 0 Å². The lowest BCUT2D eigenvalue weighted by atomic mass is 10.4. The fourth-order valence-electron chi connectivity index (χ4n) is 0.271. The molecule has 1 atom stereocenters. The molecular weight excluding hydrogens is 136 g/mol. The van der Waals surface area contributed by atoms with Gasteiger partial charge in [-0.2, -0.15) is 0 Å². The van der Waals surface area contributed by atoms with Gasteiger partial charge in [0.25, 0.3) is 0 Å². The second-order valence-electron chi connectivity index (χ2n) is 1.61. The van der Waals surface area contributed by atoms with Gasteiger partial charge in [0.1, 0.15) is 0 Å². The number of hydrogen-bond donors (Lipinski definition) is 1. The van der Waals surface area contributed by atoms with Crippen molar-refractivity contribution >= 4 is 16.9 Å². The standard InChI is InChI=1S/C6H10O2S/c1-3-6(8)4-9-5(2)7/h3,6,8H,1,4H2,2H3. The average Bonchev–Trinajstić information content (AvgIpc) is 1.83. The number of thioether (sulfide) groups is 1. The number of rotatable bonds is 3. The maximum atomic E-state index is 10.3. The zero-order chi connectivity index (χ0) is 7.28. The highest BCUT2D eigenvalue weighted by atomic mass is 32.2. The van der Waals surface area contributed by atoms with Gasteiger partial charge >= 0.3 is 0 Å². The molecule has 1 N–H and O–H groups in total. The Morgan fingerprint density at radius 2 is 2.56 bits per heavy atom. The SMILES string of the molecule is C=CC(O)CSC(C)=O. The summed E-state index contributed by atoms with van der Waals surface area (Å²) in [6.07, 6.45) is 0.856. The van der Waals surface area contributed by atoms with Gasteiger partial charge in [-0.1, -0.05) is 17.8 Å². The molecule has 0 saturated heterocycles. The molecule has 0 aromatic rings. The molecule has 9 heavy (non-hydrogen) atoms. The van der Waals surface area contributed by atoms with Gasteiger partial charge in [-0.25, -0.2) is 0 Å². The number of hydrogen-bond acceptors (Lipinski definition) is 3. The summed E-state index contributed by atoms with van der Waals surface area (Å²) in [6.45, 7) is 4.84. The summed E-state index contributed by atoms with van der Waals surface area (Å²) in [7, 11) is 0. The minimum atomic E-state index is -0.557. The summed E-state index contributed by atoms with van der Waals surface area (Å²) in [5.74, 6) is 0.416. The third-order valence-corrected chi connectivity index (χ3v) is 1.64. The fraction of sp³-hybridized carbons (Fsp3) is 0.500. The summed E-state index contributed by atoms with van der Waals surface area (Å²) in [4.78, 5) is 10.3. The summed E-state index contributed by atoms with van der Waals surface area (Å²) < 4.78 is 0. The summed E-state index contributed by atoms with van der Waals surface area (Å²) >= 11 is 1.10. The predicted molar refractivity (Wildman–Crippen MR) is 39.3 cm³/mol. The lowest BCUT2D eigenvalue weighted by molar-refractivity contribution is -0.109. The average molecular weight is 146 g/mol. The lowest BCUT2D eigenvalue weighted by Crippen LogP contribution is -2.05. The normalized spacial score (nSPS) is 12.7. The van der Waals surface area contributed by atoms with Crippen LogP contribution in [0.15, 0.2) is 12.7 Å². The van der Waals surface area contributed by atoms with Gasteiger partial charge in [0.2, 0.25) is 0 Å². The van der Waals surface area contributed by atoms with Crippen molar-refractivity contribution in [2.45, 2.75) is 13.0 Å². The van der Waals surface area contributed by atoms with Gasteiger partial charge in [0.15, 0.2) is 5.12 Å². The van der Waals surface area contributed by atoms with Crippen LogP contribution < -0.4 is 0 Å². The van der Waals surface area contributed by atoms with Crippen molar-refractivity contribution in [2.24, 2.45) is 0 Å². The van der Waals surface area contributed by atoms with Crippen molar-refractivity contribution in [3.05, 3.63) is 12.7 Å². The molecule has 52 valence electrons. The molecular formula is C6H10O2S. The topological polar surface area (TPSA) is 37.3 Å². The Hall–Kier alpha value is -0.280. The monoisotopic (exact) mass is 146 g/mol. The summed E-state index contributed by atoms with van der Waals surface area (Å²) in [5.41, 5.74) is 0. The molecule has 0 aromatic carbocycles. The van der Waals surface area contributed by atoms with E-state index in [9.17, 15) is 4.79 Å². The van der Waals surface area contributed by atoms with Gasteiger partial charge in [0.05, 0.1) is 6.10 Å². The van der Waals surface area contributed by atoms with E-state index in [0.717, 1.165) is 11.8 Å². The van der Waals surface area contributed by atoms with E-state index in [-0.39, 0.29) is 5.12 Å². The Kier molecular flexibility index (Phi) is 4.44. The smallest absolute Gasteiger partial charge is 0.185 e. The van der Waals surface area contributed by atoms with Crippen molar-refractivity contribution in [2.75, 3.05) is 5.75 Å². The van der Waals surface area contributed by atoms with E-state index in [0.29, 0.717) is 5.75 Å². The zero-order valence-corrected chi connectivity index (χ0v) is 6.15. The molecule has 0 saturated carbocycles. The minimum absolute atomic E-state index is 0.0240. The molecule has 0 aliphatic heterocycles. The van der Waals surface area contributed by atoms with Crippen LogP contribution in [-0.2, 0) is 4.79 Å². The van der Waals surface area contributed by atoms with Gasteiger partial charge in [-0.15, -0.1) is 6.58 Å². The molecule has 0 bridgehead atoms. The molecule has 2 nitrogen and oxygen atoms in total. The molecule has 3 heteroatoms. The molecule has 0 aliphatic rings. The Balaban J connectivity index is 3.26. The van der Waals surface area contributed by atoms with Crippen LogP contribution >= 0.6 is 11.8 Å². The Morgan fingerprint density at radius 3 is 2.89 bits per heavy atom. The molecule has 0 heterocycles. The quantitative estimate of drug-likeness (QED) is 0.599. The van der Waals surface area contributed by atoms with E-state index in [1.165, 1.54) is 13.0 Å². The van der Waals surface area contributed by atoms with E-state index in [1.807, 2.05) is 0 Å². The second-order valence-corrected chi connectivity index (χ2v) is 2.80. The maximum absolute atomic E-state index is 10.3. The van der Waals surface area contributed by atoms with Crippen LogP contribution in [0.4, 0.5) is 0 Å². The number of carbonyl (C=O) groups excluding carboxylic acids is 1. The molecule has 0 rings (SSSR count). The molecule has 0 radical (unpaired) electrons. The molecule has 1 unspecified atom stereocenters. The summed E-state index contributed by atoms with van der Waals surface area (Å²) in [5, 5.41) is 8.84. The highest BCUT2D eigenvalue weighted by molar-refractivity contribution is 8.13. The third kappa shape index (κ3) is 5.59. The van der Waals surface area contributed by atoms with Crippen LogP contribution in [0.25, 0.3) is 0 Å². The van der Waals surface area contributed by atoms with E-state index in [4.69, 9.17) is 5.11 Å². The number of carbonyl (C=O) groups is 1. The largest absolute Gasteiger partial charge is 0.388 e.